The van der Waals surface area contributed by atoms with Crippen molar-refractivity contribution in [2.45, 2.75) is 0 Å². The van der Waals surface area contributed by atoms with Crippen LogP contribution in [-0.4, -0.2) is 27.3 Å². The first-order chi connectivity index (χ1) is 6.43. The van der Waals surface area contributed by atoms with E-state index in [4.69, 9.17) is 15.3 Å². The number of phenolic OH excluding ortho intramolecular Hbond substituents is 1. The molecule has 0 heterocycles. The van der Waals surface area contributed by atoms with Crippen LogP contribution in [0.1, 0.15) is 20.7 Å². The third-order valence-corrected chi connectivity index (χ3v) is 2.14. The molecule has 6 heteroatoms. The van der Waals surface area contributed by atoms with E-state index >= 15 is 0 Å². The summed E-state index contributed by atoms with van der Waals surface area (Å²) in [5, 5.41) is 26.4. The molecule has 0 fully saturated rings. The van der Waals surface area contributed by atoms with E-state index in [2.05, 4.69) is 15.9 Å². The first-order valence-electron chi connectivity index (χ1n) is 3.42. The van der Waals surface area contributed by atoms with Gasteiger partial charge in [0, 0.05) is 4.47 Å². The van der Waals surface area contributed by atoms with Crippen LogP contribution in [0.25, 0.3) is 0 Å². The SMILES string of the molecule is O=C(O)c1cc(O)cc(Br)c1C(=O)O. The molecule has 0 aromatic heterocycles. The second-order valence-corrected chi connectivity index (χ2v) is 3.31. The van der Waals surface area contributed by atoms with Crippen LogP contribution in [0.3, 0.4) is 0 Å². The minimum Gasteiger partial charge on any atom is -0.508 e. The molecule has 74 valence electrons. The van der Waals surface area contributed by atoms with Crippen LogP contribution in [0.4, 0.5) is 0 Å². The number of rotatable bonds is 2. The molecule has 0 amide bonds. The van der Waals surface area contributed by atoms with Gasteiger partial charge in [-0.25, -0.2) is 9.59 Å². The summed E-state index contributed by atoms with van der Waals surface area (Å²) >= 11 is 2.86. The fourth-order valence-electron chi connectivity index (χ4n) is 0.978. The van der Waals surface area contributed by atoms with Crippen molar-refractivity contribution in [2.75, 3.05) is 0 Å². The number of halogens is 1. The van der Waals surface area contributed by atoms with Gasteiger partial charge in [-0.3, -0.25) is 0 Å². The second-order valence-electron chi connectivity index (χ2n) is 2.46. The fraction of sp³-hybridized carbons (Fsp3) is 0. The van der Waals surface area contributed by atoms with Gasteiger partial charge >= 0.3 is 11.9 Å². The molecule has 14 heavy (non-hydrogen) atoms. The number of benzene rings is 1. The Morgan fingerprint density at radius 2 is 1.71 bits per heavy atom. The number of aromatic hydroxyl groups is 1. The zero-order valence-corrected chi connectivity index (χ0v) is 8.28. The monoisotopic (exact) mass is 260 g/mol. The van der Waals surface area contributed by atoms with Crippen molar-refractivity contribution < 1.29 is 24.9 Å². The summed E-state index contributed by atoms with van der Waals surface area (Å²) in [5.41, 5.74) is -0.834. The molecule has 0 aliphatic rings. The molecule has 0 bridgehead atoms. The number of carbonyl (C=O) groups is 2. The van der Waals surface area contributed by atoms with E-state index in [0.717, 1.165) is 12.1 Å². The molecule has 1 rings (SSSR count). The Bertz CT molecular complexity index is 412. The van der Waals surface area contributed by atoms with Crippen molar-refractivity contribution >= 4 is 27.9 Å². The molecule has 0 aliphatic carbocycles. The van der Waals surface area contributed by atoms with Crippen LogP contribution >= 0.6 is 15.9 Å². The zero-order chi connectivity index (χ0) is 10.9. The van der Waals surface area contributed by atoms with E-state index in [9.17, 15) is 9.59 Å². The summed E-state index contributed by atoms with van der Waals surface area (Å²) in [4.78, 5) is 21.3. The molecule has 0 unspecified atom stereocenters. The molecule has 3 N–H and O–H groups in total. The average Bonchev–Trinajstić information content (AvgIpc) is 2.01. The quantitative estimate of drug-likeness (QED) is 0.750. The molecular formula is C8H5BrO5. The van der Waals surface area contributed by atoms with Crippen LogP contribution < -0.4 is 0 Å². The van der Waals surface area contributed by atoms with Gasteiger partial charge in [0.2, 0.25) is 0 Å². The van der Waals surface area contributed by atoms with Crippen LogP contribution in [0, 0.1) is 0 Å². The van der Waals surface area contributed by atoms with E-state index in [0.29, 0.717) is 0 Å². The number of hydrogen-bond acceptors (Lipinski definition) is 3. The second kappa shape index (κ2) is 3.67. The average molecular weight is 261 g/mol. The molecular weight excluding hydrogens is 256 g/mol. The lowest BCUT2D eigenvalue weighted by Crippen LogP contribution is -2.08. The normalized spacial score (nSPS) is 9.79. The summed E-state index contributed by atoms with van der Waals surface area (Å²) in [7, 11) is 0. The zero-order valence-electron chi connectivity index (χ0n) is 6.69. The molecule has 0 spiro atoms. The summed E-state index contributed by atoms with van der Waals surface area (Å²) in [6, 6.07) is 2.01. The number of hydrogen-bond donors (Lipinski definition) is 3. The summed E-state index contributed by atoms with van der Waals surface area (Å²) in [6.07, 6.45) is 0. The van der Waals surface area contributed by atoms with Crippen molar-refractivity contribution in [1.82, 2.24) is 0 Å². The molecule has 5 nitrogen and oxygen atoms in total. The van der Waals surface area contributed by atoms with Gasteiger partial charge in [0.25, 0.3) is 0 Å². The van der Waals surface area contributed by atoms with Gasteiger partial charge in [0.15, 0.2) is 0 Å². The van der Waals surface area contributed by atoms with Crippen LogP contribution in [0.15, 0.2) is 16.6 Å². The molecule has 0 atom stereocenters. The number of aromatic carboxylic acids is 2. The summed E-state index contributed by atoms with van der Waals surface area (Å²) in [6.45, 7) is 0. The van der Waals surface area contributed by atoms with E-state index in [1.807, 2.05) is 0 Å². The smallest absolute Gasteiger partial charge is 0.337 e. The highest BCUT2D eigenvalue weighted by Crippen LogP contribution is 2.26. The predicted molar refractivity (Wildman–Crippen MR) is 49.7 cm³/mol. The molecule has 1 aromatic carbocycles. The van der Waals surface area contributed by atoms with E-state index in [-0.39, 0.29) is 15.8 Å². The maximum Gasteiger partial charge on any atom is 0.337 e. The Labute approximate surface area is 86.7 Å². The van der Waals surface area contributed by atoms with Gasteiger partial charge in [0.1, 0.15) is 5.75 Å². The van der Waals surface area contributed by atoms with Crippen LogP contribution in [-0.2, 0) is 0 Å². The Morgan fingerprint density at radius 3 is 2.14 bits per heavy atom. The molecule has 1 aromatic rings. The molecule has 0 saturated carbocycles. The maximum absolute atomic E-state index is 10.7. The van der Waals surface area contributed by atoms with Crippen molar-refractivity contribution in [3.8, 4) is 5.75 Å². The highest BCUT2D eigenvalue weighted by molar-refractivity contribution is 9.10. The van der Waals surface area contributed by atoms with Gasteiger partial charge in [-0.15, -0.1) is 0 Å². The van der Waals surface area contributed by atoms with Crippen LogP contribution in [0.2, 0.25) is 0 Å². The minimum absolute atomic E-state index is 0.0300. The Morgan fingerprint density at radius 1 is 1.14 bits per heavy atom. The highest BCUT2D eigenvalue weighted by atomic mass is 79.9. The van der Waals surface area contributed by atoms with Gasteiger partial charge < -0.3 is 15.3 Å². The summed E-state index contributed by atoms with van der Waals surface area (Å²) in [5.74, 6) is -3.08. The lowest BCUT2D eigenvalue weighted by molar-refractivity contribution is 0.0650. The number of phenols is 1. The summed E-state index contributed by atoms with van der Waals surface area (Å²) < 4.78 is 0.0300. The van der Waals surface area contributed by atoms with Crippen LogP contribution in [0.5, 0.6) is 5.75 Å². The first kappa shape index (κ1) is 10.5. The van der Waals surface area contributed by atoms with Gasteiger partial charge in [-0.05, 0) is 28.1 Å². The van der Waals surface area contributed by atoms with E-state index in [1.165, 1.54) is 0 Å². The largest absolute Gasteiger partial charge is 0.508 e. The maximum atomic E-state index is 10.7. The Hall–Kier alpha value is -1.56. The molecule has 0 saturated heterocycles. The standard InChI is InChI=1S/C8H5BrO5/c9-5-2-3(10)1-4(7(11)12)6(5)8(13)14/h1-2,10H,(H,11,12)(H,13,14). The number of carboxylic acids is 2. The van der Waals surface area contributed by atoms with Crippen molar-refractivity contribution in [2.24, 2.45) is 0 Å². The Balaban J connectivity index is 3.52. The van der Waals surface area contributed by atoms with E-state index in [1.54, 1.807) is 0 Å². The minimum atomic E-state index is -1.40. The van der Waals surface area contributed by atoms with Gasteiger partial charge in [-0.2, -0.15) is 0 Å². The lowest BCUT2D eigenvalue weighted by atomic mass is 10.1. The van der Waals surface area contributed by atoms with Gasteiger partial charge in [0.05, 0.1) is 11.1 Å². The topological polar surface area (TPSA) is 94.8 Å². The molecule has 0 aliphatic heterocycles. The van der Waals surface area contributed by atoms with E-state index < -0.39 is 17.5 Å². The predicted octanol–water partition coefficient (Wildman–Crippen LogP) is 1.55. The van der Waals surface area contributed by atoms with Crippen molar-refractivity contribution in [1.29, 1.82) is 0 Å². The molecule has 0 radical (unpaired) electrons. The third-order valence-electron chi connectivity index (χ3n) is 1.52. The lowest BCUT2D eigenvalue weighted by Gasteiger charge is -2.04. The van der Waals surface area contributed by atoms with Crippen molar-refractivity contribution in [3.05, 3.63) is 27.7 Å². The van der Waals surface area contributed by atoms with Crippen molar-refractivity contribution in [3.63, 3.8) is 0 Å². The fourth-order valence-corrected chi connectivity index (χ4v) is 1.60. The highest BCUT2D eigenvalue weighted by Gasteiger charge is 2.20. The third kappa shape index (κ3) is 1.85. The van der Waals surface area contributed by atoms with Gasteiger partial charge in [-0.1, -0.05) is 0 Å². The Kier molecular flexibility index (Phi) is 2.76. The first-order valence-corrected chi connectivity index (χ1v) is 4.22. The number of carboxylic acid groups (broad SMARTS) is 2.